The predicted octanol–water partition coefficient (Wildman–Crippen LogP) is 3.10. The maximum absolute atomic E-state index is 13.5. The van der Waals surface area contributed by atoms with E-state index < -0.39 is 28.5 Å². The van der Waals surface area contributed by atoms with Gasteiger partial charge in [-0.2, -0.15) is 0 Å². The minimum atomic E-state index is -3.77. The molecular weight excluding hydrogens is 454 g/mol. The number of anilines is 1. The van der Waals surface area contributed by atoms with E-state index in [1.165, 1.54) is 4.90 Å². The topological polar surface area (TPSA) is 96.0 Å². The van der Waals surface area contributed by atoms with Crippen LogP contribution < -0.4 is 14.4 Å². The number of sulfonamides is 1. The lowest BCUT2D eigenvalue weighted by atomic mass is 10.1. The molecule has 1 N–H and O–H groups in total. The minimum Gasteiger partial charge on any atom is -0.494 e. The summed E-state index contributed by atoms with van der Waals surface area (Å²) in [5.74, 6) is -0.181. The highest BCUT2D eigenvalue weighted by molar-refractivity contribution is 7.92. The van der Waals surface area contributed by atoms with Crippen LogP contribution in [0.15, 0.2) is 48.5 Å². The van der Waals surface area contributed by atoms with Crippen molar-refractivity contribution in [2.45, 2.75) is 53.2 Å². The van der Waals surface area contributed by atoms with Gasteiger partial charge in [0.05, 0.1) is 18.6 Å². The molecule has 0 saturated heterocycles. The number of benzene rings is 2. The number of rotatable bonds is 11. The first-order chi connectivity index (χ1) is 15.9. The summed E-state index contributed by atoms with van der Waals surface area (Å²) in [7, 11) is -3.77. The third-order valence-corrected chi connectivity index (χ3v) is 6.33. The van der Waals surface area contributed by atoms with E-state index >= 15 is 0 Å². The van der Waals surface area contributed by atoms with Gasteiger partial charge in [0, 0.05) is 12.6 Å². The highest BCUT2D eigenvalue weighted by Gasteiger charge is 2.30. The fourth-order valence-corrected chi connectivity index (χ4v) is 4.22. The van der Waals surface area contributed by atoms with E-state index in [0.717, 1.165) is 21.7 Å². The Balaban J connectivity index is 2.35. The summed E-state index contributed by atoms with van der Waals surface area (Å²) in [5, 5.41) is 2.83. The van der Waals surface area contributed by atoms with E-state index in [2.05, 4.69) is 5.32 Å². The Morgan fingerprint density at radius 1 is 1.00 bits per heavy atom. The highest BCUT2D eigenvalue weighted by atomic mass is 32.2. The smallest absolute Gasteiger partial charge is 0.244 e. The van der Waals surface area contributed by atoms with Crippen LogP contribution in [0.5, 0.6) is 5.75 Å². The molecular formula is C25H35N3O5S. The maximum Gasteiger partial charge on any atom is 0.244 e. The number of nitrogens with zero attached hydrogens (tertiary/aromatic N) is 2. The summed E-state index contributed by atoms with van der Waals surface area (Å²) in [5.41, 5.74) is 2.26. The molecule has 0 aromatic heterocycles. The van der Waals surface area contributed by atoms with E-state index in [1.807, 2.05) is 52.0 Å². The standard InChI is InChI=1S/C25H35N3O5S/c1-7-33-23-14-12-22(13-15-23)28(34(6,31)32)17-24(29)27(20(5)25(30)26-18(2)3)16-21-10-8-19(4)9-11-21/h8-15,18,20H,7,16-17H2,1-6H3,(H,26,30)/t20-/m1/s1. The number of carbonyl (C=O) groups excluding carboxylic acids is 2. The summed E-state index contributed by atoms with van der Waals surface area (Å²) in [6.45, 7) is 9.37. The van der Waals surface area contributed by atoms with E-state index in [9.17, 15) is 18.0 Å². The van der Waals surface area contributed by atoms with Crippen molar-refractivity contribution >= 4 is 27.5 Å². The molecule has 0 radical (unpaired) electrons. The van der Waals surface area contributed by atoms with Gasteiger partial charge in [-0.15, -0.1) is 0 Å². The van der Waals surface area contributed by atoms with Gasteiger partial charge in [0.15, 0.2) is 0 Å². The van der Waals surface area contributed by atoms with Crippen LogP contribution >= 0.6 is 0 Å². The van der Waals surface area contributed by atoms with Crippen LogP contribution in [0.3, 0.4) is 0 Å². The van der Waals surface area contributed by atoms with Crippen molar-refractivity contribution in [3.8, 4) is 5.75 Å². The first kappa shape index (κ1) is 27.2. The van der Waals surface area contributed by atoms with E-state index in [0.29, 0.717) is 18.0 Å². The molecule has 8 nitrogen and oxygen atoms in total. The van der Waals surface area contributed by atoms with Crippen molar-refractivity contribution in [2.75, 3.05) is 23.7 Å². The first-order valence-corrected chi connectivity index (χ1v) is 13.1. The molecule has 0 aliphatic rings. The molecule has 186 valence electrons. The number of aryl methyl sites for hydroxylation is 1. The maximum atomic E-state index is 13.5. The largest absolute Gasteiger partial charge is 0.494 e. The van der Waals surface area contributed by atoms with Crippen LogP contribution in [0.2, 0.25) is 0 Å². The molecule has 0 heterocycles. The minimum absolute atomic E-state index is 0.0948. The van der Waals surface area contributed by atoms with E-state index in [4.69, 9.17) is 4.74 Å². The Hall–Kier alpha value is -3.07. The van der Waals surface area contributed by atoms with Crippen LogP contribution in [-0.2, 0) is 26.2 Å². The second kappa shape index (κ2) is 11.9. The van der Waals surface area contributed by atoms with Gasteiger partial charge in [0.1, 0.15) is 18.3 Å². The summed E-state index contributed by atoms with van der Waals surface area (Å²) >= 11 is 0. The summed E-state index contributed by atoms with van der Waals surface area (Å²) in [4.78, 5) is 27.6. The number of hydrogen-bond acceptors (Lipinski definition) is 5. The van der Waals surface area contributed by atoms with Crippen molar-refractivity contribution in [1.29, 1.82) is 0 Å². The molecule has 0 spiro atoms. The molecule has 0 fully saturated rings. The zero-order valence-corrected chi connectivity index (χ0v) is 21.6. The summed E-state index contributed by atoms with van der Waals surface area (Å²) in [6, 6.07) is 13.3. The molecule has 34 heavy (non-hydrogen) atoms. The van der Waals surface area contributed by atoms with Gasteiger partial charge >= 0.3 is 0 Å². The Labute approximate surface area is 202 Å². The van der Waals surface area contributed by atoms with Crippen LogP contribution in [-0.4, -0.2) is 56.6 Å². The van der Waals surface area contributed by atoms with Gasteiger partial charge in [0.25, 0.3) is 0 Å². The van der Waals surface area contributed by atoms with Gasteiger partial charge in [-0.3, -0.25) is 13.9 Å². The van der Waals surface area contributed by atoms with Gasteiger partial charge in [0.2, 0.25) is 21.8 Å². The number of amides is 2. The van der Waals surface area contributed by atoms with Crippen LogP contribution in [0.25, 0.3) is 0 Å². The van der Waals surface area contributed by atoms with Gasteiger partial charge < -0.3 is 15.0 Å². The Kier molecular flexibility index (Phi) is 9.49. The first-order valence-electron chi connectivity index (χ1n) is 11.3. The Bertz CT molecular complexity index is 1070. The summed E-state index contributed by atoms with van der Waals surface area (Å²) in [6.07, 6.45) is 1.05. The van der Waals surface area contributed by atoms with Crippen molar-refractivity contribution in [3.05, 3.63) is 59.7 Å². The van der Waals surface area contributed by atoms with Crippen molar-refractivity contribution in [2.24, 2.45) is 0 Å². The fraction of sp³-hybridized carbons (Fsp3) is 0.440. The van der Waals surface area contributed by atoms with Gasteiger partial charge in [-0.25, -0.2) is 8.42 Å². The zero-order chi connectivity index (χ0) is 25.5. The molecule has 2 amide bonds. The molecule has 0 saturated carbocycles. The van der Waals surface area contributed by atoms with Crippen LogP contribution in [0.4, 0.5) is 5.69 Å². The molecule has 2 aromatic carbocycles. The van der Waals surface area contributed by atoms with Crippen LogP contribution in [0, 0.1) is 6.92 Å². The normalized spacial score (nSPS) is 12.2. The highest BCUT2D eigenvalue weighted by Crippen LogP contribution is 2.22. The second-order valence-corrected chi connectivity index (χ2v) is 10.4. The Morgan fingerprint density at radius 3 is 2.09 bits per heavy atom. The molecule has 0 bridgehead atoms. The number of carbonyl (C=O) groups is 2. The number of nitrogens with one attached hydrogen (secondary N) is 1. The molecule has 2 aromatic rings. The van der Waals surface area contributed by atoms with Crippen molar-refractivity contribution in [1.82, 2.24) is 10.2 Å². The molecule has 0 aliphatic heterocycles. The Morgan fingerprint density at radius 2 is 1.59 bits per heavy atom. The average molecular weight is 490 g/mol. The van der Waals surface area contributed by atoms with E-state index in [1.54, 1.807) is 31.2 Å². The van der Waals surface area contributed by atoms with Crippen molar-refractivity contribution < 1.29 is 22.7 Å². The van der Waals surface area contributed by atoms with Gasteiger partial charge in [-0.1, -0.05) is 29.8 Å². The molecule has 2 rings (SSSR count). The quantitative estimate of drug-likeness (QED) is 0.523. The average Bonchev–Trinajstić information content (AvgIpc) is 2.76. The number of ether oxygens (including phenoxy) is 1. The lowest BCUT2D eigenvalue weighted by molar-refractivity contribution is -0.139. The summed E-state index contributed by atoms with van der Waals surface area (Å²) < 4.78 is 31.6. The zero-order valence-electron chi connectivity index (χ0n) is 20.7. The second-order valence-electron chi connectivity index (χ2n) is 8.54. The lowest BCUT2D eigenvalue weighted by Gasteiger charge is -2.32. The molecule has 0 unspecified atom stereocenters. The molecule has 0 aliphatic carbocycles. The van der Waals surface area contributed by atoms with Crippen LogP contribution in [0.1, 0.15) is 38.8 Å². The molecule has 1 atom stereocenters. The predicted molar refractivity (Wildman–Crippen MR) is 134 cm³/mol. The van der Waals surface area contributed by atoms with Gasteiger partial charge in [-0.05, 0) is 64.4 Å². The molecule has 9 heteroatoms. The SMILES string of the molecule is CCOc1ccc(N(CC(=O)N(Cc2ccc(C)cc2)[C@H](C)C(=O)NC(C)C)S(C)(=O)=O)cc1. The van der Waals surface area contributed by atoms with Crippen molar-refractivity contribution in [3.63, 3.8) is 0 Å². The third kappa shape index (κ3) is 7.76. The van der Waals surface area contributed by atoms with E-state index in [-0.39, 0.29) is 18.5 Å². The number of hydrogen-bond donors (Lipinski definition) is 1. The lowest BCUT2D eigenvalue weighted by Crippen LogP contribution is -2.52. The third-order valence-electron chi connectivity index (χ3n) is 5.19. The monoisotopic (exact) mass is 489 g/mol. The fourth-order valence-electron chi connectivity index (χ4n) is 3.37.